The van der Waals surface area contributed by atoms with Crippen LogP contribution in [0.3, 0.4) is 0 Å². The molecule has 0 aliphatic carbocycles. The minimum atomic E-state index is -0.556. The Kier molecular flexibility index (Phi) is 4.29. The predicted molar refractivity (Wildman–Crippen MR) is 51.4 cm³/mol. The van der Waals surface area contributed by atoms with Gasteiger partial charge in [0.2, 0.25) is 0 Å². The molecule has 1 aromatic rings. The molecule has 13 heavy (non-hydrogen) atoms. The van der Waals surface area contributed by atoms with Crippen LogP contribution in [0.5, 0.6) is 0 Å². The summed E-state index contributed by atoms with van der Waals surface area (Å²) in [6.07, 6.45) is 3.75. The summed E-state index contributed by atoms with van der Waals surface area (Å²) < 4.78 is 5.04. The third kappa shape index (κ3) is 3.44. The Bertz CT molecular complexity index is 231. The van der Waals surface area contributed by atoms with Crippen LogP contribution in [0.25, 0.3) is 0 Å². The Hall–Kier alpha value is -1.06. The highest BCUT2D eigenvalue weighted by atomic mass is 16.4. The van der Waals surface area contributed by atoms with Crippen molar-refractivity contribution in [2.45, 2.75) is 12.5 Å². The molecule has 2 N–H and O–H groups in total. The SMILES string of the molecule is C=CCCNCC(O)c1ccco1. The second-order valence-electron chi connectivity index (χ2n) is 2.81. The summed E-state index contributed by atoms with van der Waals surface area (Å²) in [7, 11) is 0. The number of aliphatic hydroxyl groups is 1. The quantitative estimate of drug-likeness (QED) is 0.516. The minimum absolute atomic E-state index is 0.515. The molecule has 0 aromatic carbocycles. The van der Waals surface area contributed by atoms with E-state index in [1.807, 2.05) is 6.08 Å². The topological polar surface area (TPSA) is 45.4 Å². The summed E-state index contributed by atoms with van der Waals surface area (Å²) in [6.45, 7) is 4.96. The lowest BCUT2D eigenvalue weighted by atomic mass is 10.2. The molecule has 3 heteroatoms. The maximum absolute atomic E-state index is 9.53. The van der Waals surface area contributed by atoms with E-state index in [2.05, 4.69) is 11.9 Å². The van der Waals surface area contributed by atoms with Crippen LogP contribution in [0, 0.1) is 0 Å². The van der Waals surface area contributed by atoms with Crippen molar-refractivity contribution in [1.29, 1.82) is 0 Å². The Morgan fingerprint density at radius 2 is 2.54 bits per heavy atom. The van der Waals surface area contributed by atoms with Gasteiger partial charge in [-0.05, 0) is 25.1 Å². The van der Waals surface area contributed by atoms with Crippen molar-refractivity contribution in [3.8, 4) is 0 Å². The number of nitrogens with one attached hydrogen (secondary N) is 1. The first-order chi connectivity index (χ1) is 6.34. The van der Waals surface area contributed by atoms with Crippen molar-refractivity contribution in [2.24, 2.45) is 0 Å². The van der Waals surface area contributed by atoms with Crippen LogP contribution in [0.4, 0.5) is 0 Å². The minimum Gasteiger partial charge on any atom is -0.467 e. The average Bonchev–Trinajstić information content (AvgIpc) is 2.65. The maximum Gasteiger partial charge on any atom is 0.133 e. The van der Waals surface area contributed by atoms with Crippen molar-refractivity contribution < 1.29 is 9.52 Å². The lowest BCUT2D eigenvalue weighted by Crippen LogP contribution is -2.21. The van der Waals surface area contributed by atoms with Gasteiger partial charge in [0.05, 0.1) is 6.26 Å². The number of furan rings is 1. The van der Waals surface area contributed by atoms with E-state index in [1.54, 1.807) is 18.4 Å². The van der Waals surface area contributed by atoms with E-state index < -0.39 is 6.10 Å². The third-order valence-corrected chi connectivity index (χ3v) is 1.73. The van der Waals surface area contributed by atoms with Gasteiger partial charge in [-0.2, -0.15) is 0 Å². The summed E-state index contributed by atoms with van der Waals surface area (Å²) >= 11 is 0. The van der Waals surface area contributed by atoms with Crippen LogP contribution in [0.2, 0.25) is 0 Å². The van der Waals surface area contributed by atoms with E-state index >= 15 is 0 Å². The molecule has 0 spiro atoms. The fraction of sp³-hybridized carbons (Fsp3) is 0.400. The summed E-state index contributed by atoms with van der Waals surface area (Å²) in [6, 6.07) is 3.53. The molecule has 1 unspecified atom stereocenters. The Labute approximate surface area is 78.1 Å². The molecule has 0 amide bonds. The van der Waals surface area contributed by atoms with Crippen LogP contribution < -0.4 is 5.32 Å². The highest BCUT2D eigenvalue weighted by Gasteiger charge is 2.08. The summed E-state index contributed by atoms with van der Waals surface area (Å²) in [5.41, 5.74) is 0. The van der Waals surface area contributed by atoms with Gasteiger partial charge in [0.25, 0.3) is 0 Å². The second-order valence-corrected chi connectivity index (χ2v) is 2.81. The van der Waals surface area contributed by atoms with Crippen LogP contribution in [0.15, 0.2) is 35.5 Å². The summed E-state index contributed by atoms with van der Waals surface area (Å²) in [5, 5.41) is 12.6. The van der Waals surface area contributed by atoms with Gasteiger partial charge in [-0.3, -0.25) is 0 Å². The molecule has 1 atom stereocenters. The lowest BCUT2D eigenvalue weighted by molar-refractivity contribution is 0.148. The summed E-state index contributed by atoms with van der Waals surface area (Å²) in [4.78, 5) is 0. The molecule has 0 saturated heterocycles. The first-order valence-corrected chi connectivity index (χ1v) is 4.37. The zero-order chi connectivity index (χ0) is 9.52. The smallest absolute Gasteiger partial charge is 0.133 e. The number of hydrogen-bond acceptors (Lipinski definition) is 3. The van der Waals surface area contributed by atoms with E-state index in [4.69, 9.17) is 4.42 Å². The van der Waals surface area contributed by atoms with Gasteiger partial charge in [0.1, 0.15) is 11.9 Å². The molecule has 0 bridgehead atoms. The van der Waals surface area contributed by atoms with Crippen LogP contribution in [-0.4, -0.2) is 18.2 Å². The number of aliphatic hydroxyl groups excluding tert-OH is 1. The van der Waals surface area contributed by atoms with Crippen molar-refractivity contribution in [2.75, 3.05) is 13.1 Å². The van der Waals surface area contributed by atoms with Crippen molar-refractivity contribution >= 4 is 0 Å². The molecule has 0 fully saturated rings. The van der Waals surface area contributed by atoms with E-state index in [-0.39, 0.29) is 0 Å². The number of hydrogen-bond donors (Lipinski definition) is 2. The van der Waals surface area contributed by atoms with E-state index in [0.29, 0.717) is 12.3 Å². The molecule has 3 nitrogen and oxygen atoms in total. The normalized spacial score (nSPS) is 12.7. The van der Waals surface area contributed by atoms with Gasteiger partial charge >= 0.3 is 0 Å². The lowest BCUT2D eigenvalue weighted by Gasteiger charge is -2.07. The zero-order valence-corrected chi connectivity index (χ0v) is 7.57. The van der Waals surface area contributed by atoms with Crippen molar-refractivity contribution in [1.82, 2.24) is 5.32 Å². The van der Waals surface area contributed by atoms with E-state index in [1.165, 1.54) is 0 Å². The van der Waals surface area contributed by atoms with E-state index in [0.717, 1.165) is 13.0 Å². The highest BCUT2D eigenvalue weighted by Crippen LogP contribution is 2.11. The first-order valence-electron chi connectivity index (χ1n) is 4.37. The molecule has 0 radical (unpaired) electrons. The second kappa shape index (κ2) is 5.56. The Balaban J connectivity index is 2.18. The van der Waals surface area contributed by atoms with Crippen LogP contribution >= 0.6 is 0 Å². The van der Waals surface area contributed by atoms with Crippen LogP contribution in [-0.2, 0) is 0 Å². The molecule has 72 valence electrons. The molecule has 1 rings (SSSR count). The van der Waals surface area contributed by atoms with Crippen molar-refractivity contribution in [3.05, 3.63) is 36.8 Å². The molecule has 1 heterocycles. The standard InChI is InChI=1S/C10H15NO2/c1-2-3-6-11-8-9(12)10-5-4-7-13-10/h2,4-5,7,9,11-12H,1,3,6,8H2. The largest absolute Gasteiger partial charge is 0.467 e. The maximum atomic E-state index is 9.53. The fourth-order valence-corrected chi connectivity index (χ4v) is 1.02. The van der Waals surface area contributed by atoms with Gasteiger partial charge in [0, 0.05) is 6.54 Å². The molecular formula is C10H15NO2. The molecule has 0 saturated carbocycles. The number of rotatable bonds is 6. The van der Waals surface area contributed by atoms with Gasteiger partial charge in [-0.25, -0.2) is 0 Å². The highest BCUT2D eigenvalue weighted by molar-refractivity contribution is 5.02. The third-order valence-electron chi connectivity index (χ3n) is 1.73. The van der Waals surface area contributed by atoms with Crippen molar-refractivity contribution in [3.63, 3.8) is 0 Å². The Morgan fingerprint density at radius 1 is 1.69 bits per heavy atom. The molecule has 0 aliphatic heterocycles. The Morgan fingerprint density at radius 3 is 3.15 bits per heavy atom. The van der Waals surface area contributed by atoms with Crippen LogP contribution in [0.1, 0.15) is 18.3 Å². The van der Waals surface area contributed by atoms with Gasteiger partial charge in [-0.15, -0.1) is 6.58 Å². The fourth-order valence-electron chi connectivity index (χ4n) is 1.02. The molecule has 1 aromatic heterocycles. The zero-order valence-electron chi connectivity index (χ0n) is 7.57. The first kappa shape index (κ1) is 10.0. The van der Waals surface area contributed by atoms with Gasteiger partial charge in [-0.1, -0.05) is 6.08 Å². The van der Waals surface area contributed by atoms with Gasteiger partial charge in [0.15, 0.2) is 0 Å². The van der Waals surface area contributed by atoms with Gasteiger partial charge < -0.3 is 14.8 Å². The predicted octanol–water partition coefficient (Wildman–Crippen LogP) is 1.48. The monoisotopic (exact) mass is 181 g/mol. The molecular weight excluding hydrogens is 166 g/mol. The molecule has 0 aliphatic rings. The average molecular weight is 181 g/mol. The summed E-state index contributed by atoms with van der Waals surface area (Å²) in [5.74, 6) is 0.603. The van der Waals surface area contributed by atoms with E-state index in [9.17, 15) is 5.11 Å².